The summed E-state index contributed by atoms with van der Waals surface area (Å²) < 4.78 is 0. The number of nitrogens with zero attached hydrogens (tertiary/aromatic N) is 3. The van der Waals surface area contributed by atoms with Gasteiger partial charge in [-0.05, 0) is 63.6 Å². The summed E-state index contributed by atoms with van der Waals surface area (Å²) in [5.41, 5.74) is 0. The van der Waals surface area contributed by atoms with E-state index in [2.05, 4.69) is 15.9 Å². The zero-order chi connectivity index (χ0) is 12.4. The van der Waals surface area contributed by atoms with Gasteiger partial charge in [0.15, 0.2) is 0 Å². The molecule has 2 unspecified atom stereocenters. The molecular formula is C15H25N3. The average molecular weight is 247 g/mol. The van der Waals surface area contributed by atoms with Gasteiger partial charge in [0, 0.05) is 19.1 Å². The molecule has 3 heteroatoms. The highest BCUT2D eigenvalue weighted by Gasteiger charge is 2.38. The number of rotatable bonds is 5. The lowest BCUT2D eigenvalue weighted by atomic mass is 10.1. The minimum absolute atomic E-state index is 0.582. The molecule has 100 valence electrons. The first-order chi connectivity index (χ1) is 8.86. The molecule has 0 amide bonds. The number of likely N-dealkylation sites (tertiary alicyclic amines) is 2. The molecule has 3 nitrogen and oxygen atoms in total. The van der Waals surface area contributed by atoms with Gasteiger partial charge < -0.3 is 4.90 Å². The van der Waals surface area contributed by atoms with Gasteiger partial charge in [0.2, 0.25) is 0 Å². The van der Waals surface area contributed by atoms with E-state index in [-0.39, 0.29) is 0 Å². The van der Waals surface area contributed by atoms with Crippen LogP contribution in [-0.4, -0.2) is 48.6 Å². The highest BCUT2D eigenvalue weighted by atomic mass is 15.2. The Bertz CT molecular complexity index is 312. The Labute approximate surface area is 111 Å². The van der Waals surface area contributed by atoms with E-state index >= 15 is 0 Å². The van der Waals surface area contributed by atoms with Crippen molar-refractivity contribution in [3.8, 4) is 6.07 Å². The maximum absolute atomic E-state index is 8.98. The van der Waals surface area contributed by atoms with Crippen LogP contribution in [-0.2, 0) is 0 Å². The highest BCUT2D eigenvalue weighted by Crippen LogP contribution is 2.38. The monoisotopic (exact) mass is 247 g/mol. The Morgan fingerprint density at radius 2 is 1.89 bits per heavy atom. The van der Waals surface area contributed by atoms with Crippen molar-refractivity contribution in [1.29, 1.82) is 5.26 Å². The Hall–Kier alpha value is -0.590. The molecule has 18 heavy (non-hydrogen) atoms. The van der Waals surface area contributed by atoms with Crippen molar-refractivity contribution >= 4 is 0 Å². The van der Waals surface area contributed by atoms with E-state index < -0.39 is 0 Å². The minimum Gasteiger partial charge on any atom is -0.303 e. The topological polar surface area (TPSA) is 30.3 Å². The third-order valence-corrected chi connectivity index (χ3v) is 4.97. The van der Waals surface area contributed by atoms with Gasteiger partial charge in [-0.3, -0.25) is 4.90 Å². The van der Waals surface area contributed by atoms with Gasteiger partial charge in [0.25, 0.3) is 0 Å². The van der Waals surface area contributed by atoms with E-state index in [0.29, 0.717) is 6.04 Å². The molecule has 0 N–H and O–H groups in total. The van der Waals surface area contributed by atoms with E-state index in [1.54, 1.807) is 0 Å². The smallest absolute Gasteiger partial charge is 0.0638 e. The van der Waals surface area contributed by atoms with Crippen molar-refractivity contribution in [3.05, 3.63) is 0 Å². The first-order valence-electron chi connectivity index (χ1n) is 7.70. The van der Waals surface area contributed by atoms with Crippen LogP contribution in [0.2, 0.25) is 0 Å². The van der Waals surface area contributed by atoms with Gasteiger partial charge in [-0.25, -0.2) is 0 Å². The molecule has 0 spiro atoms. The summed E-state index contributed by atoms with van der Waals surface area (Å²) in [6, 6.07) is 2.98. The molecule has 0 aromatic heterocycles. The highest BCUT2D eigenvalue weighted by molar-refractivity contribution is 4.96. The van der Waals surface area contributed by atoms with Crippen LogP contribution < -0.4 is 0 Å². The van der Waals surface area contributed by atoms with E-state index in [0.717, 1.165) is 18.3 Å². The SMILES string of the molecule is N#CCC(C1CC1)N1CCC(CN2CCCC2)C1. The summed E-state index contributed by atoms with van der Waals surface area (Å²) in [4.78, 5) is 5.27. The lowest BCUT2D eigenvalue weighted by Crippen LogP contribution is -2.36. The molecular weight excluding hydrogens is 222 g/mol. The second kappa shape index (κ2) is 5.59. The Morgan fingerprint density at radius 3 is 2.56 bits per heavy atom. The molecule has 3 aliphatic rings. The van der Waals surface area contributed by atoms with Crippen LogP contribution in [0.15, 0.2) is 0 Å². The fourth-order valence-electron chi connectivity index (χ4n) is 3.81. The van der Waals surface area contributed by atoms with Crippen molar-refractivity contribution in [2.45, 2.75) is 44.6 Å². The molecule has 2 heterocycles. The zero-order valence-electron chi connectivity index (χ0n) is 11.4. The lowest BCUT2D eigenvalue weighted by molar-refractivity contribution is 0.202. The van der Waals surface area contributed by atoms with Crippen LogP contribution in [0, 0.1) is 23.2 Å². The molecule has 2 atom stereocenters. The first-order valence-corrected chi connectivity index (χ1v) is 7.70. The van der Waals surface area contributed by atoms with Crippen LogP contribution >= 0.6 is 0 Å². The van der Waals surface area contributed by atoms with Crippen LogP contribution in [0.25, 0.3) is 0 Å². The summed E-state index contributed by atoms with van der Waals surface area (Å²) >= 11 is 0. The van der Waals surface area contributed by atoms with Crippen LogP contribution in [0.4, 0.5) is 0 Å². The predicted molar refractivity (Wildman–Crippen MR) is 72.1 cm³/mol. The Kier molecular flexibility index (Phi) is 3.86. The van der Waals surface area contributed by atoms with Crippen molar-refractivity contribution < 1.29 is 0 Å². The third kappa shape index (κ3) is 2.87. The van der Waals surface area contributed by atoms with Gasteiger partial charge in [-0.1, -0.05) is 0 Å². The molecule has 3 fully saturated rings. The second-order valence-electron chi connectivity index (χ2n) is 6.42. The number of hydrogen-bond acceptors (Lipinski definition) is 3. The molecule has 0 radical (unpaired) electrons. The van der Waals surface area contributed by atoms with E-state index in [9.17, 15) is 0 Å². The fraction of sp³-hybridized carbons (Fsp3) is 0.933. The minimum atomic E-state index is 0.582. The summed E-state index contributed by atoms with van der Waals surface area (Å²) in [5.74, 6) is 1.71. The normalized spacial score (nSPS) is 31.6. The van der Waals surface area contributed by atoms with Crippen molar-refractivity contribution in [2.24, 2.45) is 11.8 Å². The van der Waals surface area contributed by atoms with Crippen LogP contribution in [0.5, 0.6) is 0 Å². The van der Waals surface area contributed by atoms with E-state index in [1.165, 1.54) is 64.8 Å². The first kappa shape index (κ1) is 12.4. The van der Waals surface area contributed by atoms with Gasteiger partial charge in [0.05, 0.1) is 12.5 Å². The third-order valence-electron chi connectivity index (χ3n) is 4.97. The van der Waals surface area contributed by atoms with Gasteiger partial charge in [0.1, 0.15) is 0 Å². The Balaban J connectivity index is 1.49. The van der Waals surface area contributed by atoms with Gasteiger partial charge in [-0.15, -0.1) is 0 Å². The van der Waals surface area contributed by atoms with Gasteiger partial charge >= 0.3 is 0 Å². The largest absolute Gasteiger partial charge is 0.303 e. The number of hydrogen-bond donors (Lipinski definition) is 0. The molecule has 1 aliphatic carbocycles. The summed E-state index contributed by atoms with van der Waals surface area (Å²) in [6.07, 6.45) is 7.62. The molecule has 1 saturated carbocycles. The van der Waals surface area contributed by atoms with Crippen molar-refractivity contribution in [2.75, 3.05) is 32.7 Å². The van der Waals surface area contributed by atoms with Crippen LogP contribution in [0.3, 0.4) is 0 Å². The summed E-state index contributed by atoms with van der Waals surface area (Å²) in [6.45, 7) is 6.43. The Morgan fingerprint density at radius 1 is 1.11 bits per heavy atom. The quantitative estimate of drug-likeness (QED) is 0.745. The fourth-order valence-corrected chi connectivity index (χ4v) is 3.81. The van der Waals surface area contributed by atoms with E-state index in [4.69, 9.17) is 5.26 Å². The average Bonchev–Trinajstić information content (AvgIpc) is 2.88. The van der Waals surface area contributed by atoms with Crippen molar-refractivity contribution in [1.82, 2.24) is 9.80 Å². The standard InChI is InChI=1S/C15H25N3/c16-7-5-15(14-3-4-14)18-10-6-13(12-18)11-17-8-1-2-9-17/h13-15H,1-6,8-12H2. The second-order valence-corrected chi connectivity index (χ2v) is 6.42. The summed E-state index contributed by atoms with van der Waals surface area (Å²) in [7, 11) is 0. The molecule has 2 aliphatic heterocycles. The maximum atomic E-state index is 8.98. The zero-order valence-corrected chi connectivity index (χ0v) is 11.4. The number of nitriles is 1. The molecule has 0 aromatic rings. The van der Waals surface area contributed by atoms with Gasteiger partial charge in [-0.2, -0.15) is 5.26 Å². The molecule has 0 bridgehead atoms. The predicted octanol–water partition coefficient (Wildman–Crippen LogP) is 2.10. The van der Waals surface area contributed by atoms with Crippen LogP contribution in [0.1, 0.15) is 38.5 Å². The van der Waals surface area contributed by atoms with E-state index in [1.807, 2.05) is 0 Å². The molecule has 2 saturated heterocycles. The molecule has 0 aromatic carbocycles. The van der Waals surface area contributed by atoms with Crippen molar-refractivity contribution in [3.63, 3.8) is 0 Å². The lowest BCUT2D eigenvalue weighted by Gasteiger charge is -2.26. The maximum Gasteiger partial charge on any atom is 0.0638 e. The summed E-state index contributed by atoms with van der Waals surface area (Å²) in [5, 5.41) is 8.98. The molecule has 3 rings (SSSR count).